The molecule has 0 spiro atoms. The summed E-state index contributed by atoms with van der Waals surface area (Å²) in [5.74, 6) is 0.389. The highest BCUT2D eigenvalue weighted by atomic mass is 32.1. The third-order valence-electron chi connectivity index (χ3n) is 3.97. The predicted octanol–water partition coefficient (Wildman–Crippen LogP) is 3.30. The van der Waals surface area contributed by atoms with Gasteiger partial charge in [-0.05, 0) is 30.3 Å². The maximum absolute atomic E-state index is 12.1. The van der Waals surface area contributed by atoms with Gasteiger partial charge in [0.15, 0.2) is 0 Å². The Labute approximate surface area is 172 Å². The van der Waals surface area contributed by atoms with Gasteiger partial charge in [0.25, 0.3) is 5.91 Å². The smallest absolute Gasteiger partial charge is 0.325 e. The fourth-order valence-electron chi connectivity index (χ4n) is 2.49. The molecule has 0 saturated heterocycles. The minimum Gasteiger partial charge on any atom is -0.497 e. The minimum atomic E-state index is -0.544. The molecule has 0 aliphatic carbocycles. The third kappa shape index (κ3) is 5.55. The fourth-order valence-corrected chi connectivity index (χ4v) is 3.29. The molecule has 0 fully saturated rings. The third-order valence-corrected chi connectivity index (χ3v) is 4.91. The Morgan fingerprint density at radius 2 is 1.76 bits per heavy atom. The van der Waals surface area contributed by atoms with Crippen LogP contribution in [0.3, 0.4) is 0 Å². The normalized spacial score (nSPS) is 10.3. The lowest BCUT2D eigenvalue weighted by Gasteiger charge is -2.07. The van der Waals surface area contributed by atoms with Gasteiger partial charge in [-0.25, -0.2) is 4.98 Å². The van der Waals surface area contributed by atoms with Gasteiger partial charge in [-0.2, -0.15) is 0 Å². The minimum absolute atomic E-state index is 0.0360. The van der Waals surface area contributed by atoms with E-state index in [0.717, 1.165) is 16.3 Å². The molecule has 8 heteroatoms. The van der Waals surface area contributed by atoms with Crippen molar-refractivity contribution in [1.82, 2.24) is 10.3 Å². The number of rotatable bonds is 8. The van der Waals surface area contributed by atoms with Crippen molar-refractivity contribution in [2.75, 3.05) is 20.8 Å². The summed E-state index contributed by atoms with van der Waals surface area (Å²) in [6, 6.07) is 14.2. The molecule has 0 unspecified atom stereocenters. The van der Waals surface area contributed by atoms with Gasteiger partial charge in [0, 0.05) is 16.5 Å². The van der Waals surface area contributed by atoms with E-state index < -0.39 is 5.97 Å². The zero-order valence-electron chi connectivity index (χ0n) is 16.0. The molecule has 1 amide bonds. The summed E-state index contributed by atoms with van der Waals surface area (Å²) >= 11 is 1.45. The highest BCUT2D eigenvalue weighted by Gasteiger charge is 2.11. The van der Waals surface area contributed by atoms with Gasteiger partial charge in [0.2, 0.25) is 0 Å². The van der Waals surface area contributed by atoms with Crippen molar-refractivity contribution in [2.45, 2.75) is 6.61 Å². The lowest BCUT2D eigenvalue weighted by Crippen LogP contribution is -2.30. The molecule has 1 aromatic heterocycles. The topological polar surface area (TPSA) is 86.8 Å². The van der Waals surface area contributed by atoms with Crippen LogP contribution in [0.15, 0.2) is 53.9 Å². The standard InChI is InChI=1S/C21H20N2O5S/c1-26-17-7-3-5-14(9-17)20(25)22-11-19(24)28-12-16-13-29-21(23-16)15-6-4-8-18(10-15)27-2/h3-10,13H,11-12H2,1-2H3,(H,22,25). The van der Waals surface area contributed by atoms with Crippen LogP contribution in [0.1, 0.15) is 16.1 Å². The van der Waals surface area contributed by atoms with Gasteiger partial charge in [-0.15, -0.1) is 11.3 Å². The van der Waals surface area contributed by atoms with Crippen LogP contribution in [0, 0.1) is 0 Å². The van der Waals surface area contributed by atoms with Crippen LogP contribution in [-0.2, 0) is 16.1 Å². The van der Waals surface area contributed by atoms with E-state index in [-0.39, 0.29) is 19.1 Å². The average Bonchev–Trinajstić information content (AvgIpc) is 3.25. The van der Waals surface area contributed by atoms with Gasteiger partial charge in [-0.3, -0.25) is 9.59 Å². The molecule has 1 heterocycles. The highest BCUT2D eigenvalue weighted by Crippen LogP contribution is 2.27. The van der Waals surface area contributed by atoms with E-state index in [1.165, 1.54) is 18.4 Å². The Hall–Kier alpha value is -3.39. The first-order chi connectivity index (χ1) is 14.1. The number of benzene rings is 2. The lowest BCUT2D eigenvalue weighted by molar-refractivity contribution is -0.143. The fraction of sp³-hybridized carbons (Fsp3) is 0.190. The van der Waals surface area contributed by atoms with Gasteiger partial charge in [-0.1, -0.05) is 18.2 Å². The summed E-state index contributed by atoms with van der Waals surface area (Å²) in [5, 5.41) is 5.17. The molecule has 3 rings (SSSR count). The molecule has 2 aromatic carbocycles. The zero-order chi connectivity index (χ0) is 20.6. The van der Waals surface area contributed by atoms with E-state index in [1.54, 1.807) is 31.4 Å². The van der Waals surface area contributed by atoms with Crippen molar-refractivity contribution in [1.29, 1.82) is 0 Å². The van der Waals surface area contributed by atoms with Crippen molar-refractivity contribution in [3.63, 3.8) is 0 Å². The number of carbonyl (C=O) groups excluding carboxylic acids is 2. The molecule has 3 aromatic rings. The van der Waals surface area contributed by atoms with Crippen LogP contribution in [0.4, 0.5) is 0 Å². The summed E-state index contributed by atoms with van der Waals surface area (Å²) in [7, 11) is 3.13. The monoisotopic (exact) mass is 412 g/mol. The average molecular weight is 412 g/mol. The van der Waals surface area contributed by atoms with E-state index in [9.17, 15) is 9.59 Å². The highest BCUT2D eigenvalue weighted by molar-refractivity contribution is 7.13. The number of hydrogen-bond donors (Lipinski definition) is 1. The molecule has 1 N–H and O–H groups in total. The number of carbonyl (C=O) groups is 2. The van der Waals surface area contributed by atoms with Gasteiger partial charge in [0.1, 0.15) is 29.7 Å². The van der Waals surface area contributed by atoms with Crippen molar-refractivity contribution in [2.24, 2.45) is 0 Å². The van der Waals surface area contributed by atoms with E-state index in [0.29, 0.717) is 17.0 Å². The van der Waals surface area contributed by atoms with E-state index in [4.69, 9.17) is 14.2 Å². The molecular formula is C21H20N2O5S. The van der Waals surface area contributed by atoms with Crippen molar-refractivity contribution < 1.29 is 23.8 Å². The number of nitrogens with one attached hydrogen (secondary N) is 1. The zero-order valence-corrected chi connectivity index (χ0v) is 16.8. The second-order valence-electron chi connectivity index (χ2n) is 5.95. The van der Waals surface area contributed by atoms with E-state index in [1.807, 2.05) is 29.6 Å². The van der Waals surface area contributed by atoms with E-state index in [2.05, 4.69) is 10.3 Å². The summed E-state index contributed by atoms with van der Waals surface area (Å²) < 4.78 is 15.5. The molecule has 7 nitrogen and oxygen atoms in total. The number of amides is 1. The summed E-state index contributed by atoms with van der Waals surface area (Å²) in [5.41, 5.74) is 1.97. The van der Waals surface area contributed by atoms with Crippen LogP contribution in [0.5, 0.6) is 11.5 Å². The number of hydrogen-bond acceptors (Lipinski definition) is 7. The lowest BCUT2D eigenvalue weighted by atomic mass is 10.2. The Morgan fingerprint density at radius 3 is 2.52 bits per heavy atom. The number of esters is 1. The predicted molar refractivity (Wildman–Crippen MR) is 109 cm³/mol. The maximum atomic E-state index is 12.1. The van der Waals surface area contributed by atoms with Crippen molar-refractivity contribution in [3.05, 3.63) is 65.2 Å². The number of aromatic nitrogens is 1. The Morgan fingerprint density at radius 1 is 1.03 bits per heavy atom. The Balaban J connectivity index is 1.49. The number of nitrogens with zero attached hydrogens (tertiary/aromatic N) is 1. The Bertz CT molecular complexity index is 1000. The summed E-state index contributed by atoms with van der Waals surface area (Å²) in [6.45, 7) is -0.197. The Kier molecular flexibility index (Phi) is 6.80. The summed E-state index contributed by atoms with van der Waals surface area (Å²) in [4.78, 5) is 28.5. The molecule has 0 aliphatic rings. The number of ether oxygens (including phenoxy) is 3. The second kappa shape index (κ2) is 9.70. The molecule has 29 heavy (non-hydrogen) atoms. The summed E-state index contributed by atoms with van der Waals surface area (Å²) in [6.07, 6.45) is 0. The molecule has 0 bridgehead atoms. The van der Waals surface area contributed by atoms with E-state index >= 15 is 0 Å². The number of methoxy groups -OCH3 is 2. The molecule has 0 saturated carbocycles. The molecule has 0 aliphatic heterocycles. The largest absolute Gasteiger partial charge is 0.497 e. The van der Waals surface area contributed by atoms with Crippen LogP contribution in [-0.4, -0.2) is 37.6 Å². The first-order valence-electron chi connectivity index (χ1n) is 8.75. The maximum Gasteiger partial charge on any atom is 0.325 e. The quantitative estimate of drug-likeness (QED) is 0.572. The van der Waals surface area contributed by atoms with Crippen LogP contribution < -0.4 is 14.8 Å². The molecule has 0 atom stereocenters. The van der Waals surface area contributed by atoms with Gasteiger partial charge >= 0.3 is 5.97 Å². The van der Waals surface area contributed by atoms with Crippen molar-refractivity contribution >= 4 is 23.2 Å². The first kappa shape index (κ1) is 20.3. The SMILES string of the molecule is COc1cccc(C(=O)NCC(=O)OCc2csc(-c3cccc(OC)c3)n2)c1. The molecular weight excluding hydrogens is 392 g/mol. The van der Waals surface area contributed by atoms with Crippen LogP contribution in [0.25, 0.3) is 10.6 Å². The second-order valence-corrected chi connectivity index (χ2v) is 6.81. The molecule has 0 radical (unpaired) electrons. The molecule has 150 valence electrons. The van der Waals surface area contributed by atoms with Crippen LogP contribution >= 0.6 is 11.3 Å². The van der Waals surface area contributed by atoms with Crippen LogP contribution in [0.2, 0.25) is 0 Å². The van der Waals surface area contributed by atoms with Gasteiger partial charge < -0.3 is 19.5 Å². The first-order valence-corrected chi connectivity index (χ1v) is 9.63. The number of thiazole rings is 1. The van der Waals surface area contributed by atoms with Gasteiger partial charge in [0.05, 0.1) is 19.9 Å². The van der Waals surface area contributed by atoms with Crippen molar-refractivity contribution in [3.8, 4) is 22.1 Å².